The van der Waals surface area contributed by atoms with Crippen LogP contribution in [0.5, 0.6) is 5.75 Å². The smallest absolute Gasteiger partial charge is 0.259 e. The topological polar surface area (TPSA) is 114 Å². The summed E-state index contributed by atoms with van der Waals surface area (Å²) in [5.74, 6) is 0.397. The fraction of sp³-hybridized carbons (Fsp3) is 0.562. The molecule has 0 saturated carbocycles. The third-order valence-corrected chi connectivity index (χ3v) is 3.85. The van der Waals surface area contributed by atoms with Gasteiger partial charge in [0, 0.05) is 18.2 Å². The summed E-state index contributed by atoms with van der Waals surface area (Å²) < 4.78 is 28.3. The molecule has 1 aromatic rings. The van der Waals surface area contributed by atoms with E-state index in [0.29, 0.717) is 23.5 Å². The van der Waals surface area contributed by atoms with E-state index in [-0.39, 0.29) is 12.5 Å². The summed E-state index contributed by atoms with van der Waals surface area (Å²) in [5.41, 5.74) is 6.28. The second-order valence-electron chi connectivity index (χ2n) is 6.29. The van der Waals surface area contributed by atoms with Gasteiger partial charge in [-0.3, -0.25) is 14.1 Å². The van der Waals surface area contributed by atoms with E-state index in [1.165, 1.54) is 0 Å². The Bertz CT molecular complexity index is 591. The van der Waals surface area contributed by atoms with Crippen LogP contribution in [0.25, 0.3) is 0 Å². The van der Waals surface area contributed by atoms with E-state index in [0.717, 1.165) is 6.42 Å². The van der Waals surface area contributed by atoms with Gasteiger partial charge in [-0.05, 0) is 39.3 Å². The van der Waals surface area contributed by atoms with Crippen LogP contribution in [0.3, 0.4) is 0 Å². The maximum atomic E-state index is 12.2. The van der Waals surface area contributed by atoms with E-state index in [4.69, 9.17) is 15.0 Å². The lowest BCUT2D eigenvalue weighted by atomic mass is 9.93. The second-order valence-corrected chi connectivity index (χ2v) is 6.99. The summed E-state index contributed by atoms with van der Waals surface area (Å²) in [6, 6.07) is 4.66. The first-order chi connectivity index (χ1) is 11.2. The second kappa shape index (κ2) is 9.00. The monoisotopic (exact) mass is 357 g/mol. The number of anilines is 1. The first-order valence-corrected chi connectivity index (χ1v) is 8.96. The van der Waals surface area contributed by atoms with E-state index in [1.54, 1.807) is 39.0 Å². The molecule has 0 radical (unpaired) electrons. The Hall–Kier alpha value is -1.64. The Morgan fingerprint density at radius 1 is 1.46 bits per heavy atom. The first kappa shape index (κ1) is 20.4. The molecule has 24 heavy (non-hydrogen) atoms. The number of rotatable bonds is 9. The zero-order valence-electron chi connectivity index (χ0n) is 14.6. The molecule has 0 spiro atoms. The average molecular weight is 357 g/mol. The highest BCUT2D eigenvalue weighted by Crippen LogP contribution is 2.32. The molecule has 7 nitrogen and oxygen atoms in total. The van der Waals surface area contributed by atoms with E-state index in [2.05, 4.69) is 10.0 Å². The minimum Gasteiger partial charge on any atom is -0.492 e. The maximum absolute atomic E-state index is 12.2. The summed E-state index contributed by atoms with van der Waals surface area (Å²) in [5, 5.41) is 2.85. The lowest BCUT2D eigenvalue weighted by Gasteiger charge is -2.25. The minimum absolute atomic E-state index is 0.0857. The first-order valence-electron chi connectivity index (χ1n) is 7.86. The van der Waals surface area contributed by atoms with Gasteiger partial charge in [0.1, 0.15) is 12.4 Å². The van der Waals surface area contributed by atoms with Crippen molar-refractivity contribution >= 4 is 22.9 Å². The number of ether oxygens (including phenoxy) is 1. The Morgan fingerprint density at radius 3 is 2.67 bits per heavy atom. The SMILES string of the molecule is CCCNC(=O)C(C)(C)COc1cccc(NS(=O)O)c1C(C)N. The molecule has 0 saturated heterocycles. The summed E-state index contributed by atoms with van der Waals surface area (Å²) in [6.45, 7) is 8.13. The third-order valence-electron chi connectivity index (χ3n) is 3.46. The molecule has 0 fully saturated rings. The summed E-state index contributed by atoms with van der Waals surface area (Å²) in [7, 11) is 0. The van der Waals surface area contributed by atoms with Gasteiger partial charge in [0.05, 0.1) is 11.1 Å². The van der Waals surface area contributed by atoms with Crippen LogP contribution in [-0.4, -0.2) is 27.8 Å². The number of amides is 1. The van der Waals surface area contributed by atoms with Crippen LogP contribution in [0.4, 0.5) is 5.69 Å². The van der Waals surface area contributed by atoms with Gasteiger partial charge in [0.25, 0.3) is 11.3 Å². The molecule has 0 aliphatic carbocycles. The maximum Gasteiger partial charge on any atom is 0.259 e. The molecule has 5 N–H and O–H groups in total. The van der Waals surface area contributed by atoms with Crippen LogP contribution >= 0.6 is 0 Å². The van der Waals surface area contributed by atoms with Crippen LogP contribution in [0.1, 0.15) is 45.7 Å². The van der Waals surface area contributed by atoms with E-state index in [9.17, 15) is 9.00 Å². The van der Waals surface area contributed by atoms with E-state index >= 15 is 0 Å². The Morgan fingerprint density at radius 2 is 2.12 bits per heavy atom. The number of hydrogen-bond donors (Lipinski definition) is 4. The van der Waals surface area contributed by atoms with Crippen molar-refractivity contribution < 1.29 is 18.3 Å². The summed E-state index contributed by atoms with van der Waals surface area (Å²) >= 11 is -2.21. The number of carbonyl (C=O) groups excluding carboxylic acids is 1. The van der Waals surface area contributed by atoms with E-state index in [1.807, 2.05) is 6.92 Å². The zero-order chi connectivity index (χ0) is 18.3. The molecule has 0 aliphatic rings. The standard InChI is InChI=1S/C16H27N3O4S/c1-5-9-18-15(20)16(3,4)10-23-13-8-6-7-12(19-24(21)22)14(13)11(2)17/h6-8,11,19H,5,9-10,17H2,1-4H3,(H,18,20)(H,21,22). The van der Waals surface area contributed by atoms with Crippen LogP contribution in [0, 0.1) is 5.41 Å². The Kier molecular flexibility index (Phi) is 7.65. The number of benzene rings is 1. The van der Waals surface area contributed by atoms with Crippen molar-refractivity contribution in [3.63, 3.8) is 0 Å². The van der Waals surface area contributed by atoms with E-state index < -0.39 is 22.7 Å². The molecule has 0 heterocycles. The van der Waals surface area contributed by atoms with Gasteiger partial charge in [-0.25, -0.2) is 4.21 Å². The van der Waals surface area contributed by atoms with Gasteiger partial charge >= 0.3 is 0 Å². The quantitative estimate of drug-likeness (QED) is 0.506. The fourth-order valence-electron chi connectivity index (χ4n) is 2.12. The number of nitrogens with two attached hydrogens (primary N) is 1. The molecule has 2 unspecified atom stereocenters. The van der Waals surface area contributed by atoms with Crippen molar-refractivity contribution in [2.75, 3.05) is 17.9 Å². The lowest BCUT2D eigenvalue weighted by Crippen LogP contribution is -2.41. The molecule has 8 heteroatoms. The molecular weight excluding hydrogens is 330 g/mol. The van der Waals surface area contributed by atoms with Crippen molar-refractivity contribution in [1.82, 2.24) is 5.32 Å². The summed E-state index contributed by atoms with van der Waals surface area (Å²) in [6.07, 6.45) is 0.865. The van der Waals surface area contributed by atoms with Crippen molar-refractivity contribution in [2.45, 2.75) is 40.2 Å². The molecule has 0 aliphatic heterocycles. The third kappa shape index (κ3) is 5.77. The Balaban J connectivity index is 2.94. The Labute approximate surface area is 145 Å². The van der Waals surface area contributed by atoms with Crippen LogP contribution in [0.15, 0.2) is 18.2 Å². The molecule has 0 bridgehead atoms. The normalized spacial score (nSPS) is 13.9. The lowest BCUT2D eigenvalue weighted by molar-refractivity contribution is -0.130. The van der Waals surface area contributed by atoms with Crippen molar-refractivity contribution in [3.8, 4) is 5.75 Å². The van der Waals surface area contributed by atoms with Crippen LogP contribution in [-0.2, 0) is 16.1 Å². The molecule has 1 rings (SSSR count). The predicted molar refractivity (Wildman–Crippen MR) is 96.0 cm³/mol. The highest BCUT2D eigenvalue weighted by atomic mass is 32.2. The van der Waals surface area contributed by atoms with Gasteiger partial charge < -0.3 is 15.8 Å². The van der Waals surface area contributed by atoms with Gasteiger partial charge in [-0.15, -0.1) is 0 Å². The van der Waals surface area contributed by atoms with Gasteiger partial charge in [0.2, 0.25) is 5.91 Å². The predicted octanol–water partition coefficient (Wildman–Crippen LogP) is 2.19. The van der Waals surface area contributed by atoms with Crippen LogP contribution in [0.2, 0.25) is 0 Å². The van der Waals surface area contributed by atoms with Gasteiger partial charge in [0.15, 0.2) is 0 Å². The molecule has 0 aromatic heterocycles. The van der Waals surface area contributed by atoms with Crippen molar-refractivity contribution in [3.05, 3.63) is 23.8 Å². The zero-order valence-corrected chi connectivity index (χ0v) is 15.4. The van der Waals surface area contributed by atoms with Gasteiger partial charge in [-0.2, -0.15) is 0 Å². The highest BCUT2D eigenvalue weighted by Gasteiger charge is 2.29. The largest absolute Gasteiger partial charge is 0.492 e. The fourth-order valence-corrected chi connectivity index (χ4v) is 2.49. The van der Waals surface area contributed by atoms with Crippen molar-refractivity contribution in [1.29, 1.82) is 0 Å². The van der Waals surface area contributed by atoms with Crippen molar-refractivity contribution in [2.24, 2.45) is 11.1 Å². The van der Waals surface area contributed by atoms with Gasteiger partial charge in [-0.1, -0.05) is 13.0 Å². The minimum atomic E-state index is -2.21. The number of carbonyl (C=O) groups is 1. The average Bonchev–Trinajstić information content (AvgIpc) is 2.49. The molecule has 1 aromatic carbocycles. The molecule has 136 valence electrons. The number of hydrogen-bond acceptors (Lipinski definition) is 4. The molecule has 2 atom stereocenters. The highest BCUT2D eigenvalue weighted by molar-refractivity contribution is 7.80. The van der Waals surface area contributed by atoms with Crippen LogP contribution < -0.4 is 20.5 Å². The molecule has 1 amide bonds. The number of nitrogens with one attached hydrogen (secondary N) is 2. The molecular formula is C16H27N3O4S. The summed E-state index contributed by atoms with van der Waals surface area (Å²) in [4.78, 5) is 12.2.